The second-order valence-corrected chi connectivity index (χ2v) is 13.0. The molecule has 14 heteroatoms. The summed E-state index contributed by atoms with van der Waals surface area (Å²) in [5.41, 5.74) is 4.87. The third-order valence-electron chi connectivity index (χ3n) is 6.93. The number of benzene rings is 2. The predicted octanol–water partition coefficient (Wildman–Crippen LogP) is 4.12. The lowest BCUT2D eigenvalue weighted by Crippen LogP contribution is -2.78. The molecule has 48 heavy (non-hydrogen) atoms. The molecule has 0 aliphatic rings. The number of pyridine rings is 1. The highest BCUT2D eigenvalue weighted by atomic mass is 33.1. The van der Waals surface area contributed by atoms with E-state index in [4.69, 9.17) is 0 Å². The molecular formula is C34H48N8O4S2+2. The van der Waals surface area contributed by atoms with Crippen molar-refractivity contribution in [1.29, 1.82) is 0 Å². The van der Waals surface area contributed by atoms with Crippen molar-refractivity contribution in [3.63, 3.8) is 0 Å². The number of aryl methyl sites for hydroxylation is 1. The monoisotopic (exact) mass is 696 g/mol. The highest BCUT2D eigenvalue weighted by Gasteiger charge is 2.07. The second-order valence-electron chi connectivity index (χ2n) is 10.3. The fourth-order valence-corrected chi connectivity index (χ4v) is 6.38. The Kier molecular flexibility index (Phi) is 19.1. The zero-order chi connectivity index (χ0) is 34.2. The van der Waals surface area contributed by atoms with E-state index >= 15 is 0 Å². The SMILES string of the molecule is CC=C(C=C[NH2+]CCSSCC[n+]1ccc(N=Nc2ccc(N(CCO)CCO)cc2)cc1)N=Nc1ccc(N(CCO)CCO)cc1. The summed E-state index contributed by atoms with van der Waals surface area (Å²) in [6, 6.07) is 19.0. The van der Waals surface area contributed by atoms with Gasteiger partial charge >= 0.3 is 0 Å². The maximum Gasteiger partial charge on any atom is 0.171 e. The molecule has 258 valence electrons. The first-order chi connectivity index (χ1) is 23.6. The summed E-state index contributed by atoms with van der Waals surface area (Å²) < 4.78 is 2.14. The fourth-order valence-electron chi connectivity index (χ4n) is 4.41. The fraction of sp³-hybridized carbons (Fsp3) is 0.382. The lowest BCUT2D eigenvalue weighted by atomic mass is 10.2. The van der Waals surface area contributed by atoms with Crippen LogP contribution >= 0.6 is 21.6 Å². The average Bonchev–Trinajstić information content (AvgIpc) is 3.12. The molecule has 0 saturated carbocycles. The van der Waals surface area contributed by atoms with Crippen molar-refractivity contribution >= 4 is 50.0 Å². The normalized spacial score (nSPS) is 12.1. The van der Waals surface area contributed by atoms with Crippen molar-refractivity contribution in [2.45, 2.75) is 13.5 Å². The number of rotatable bonds is 23. The van der Waals surface area contributed by atoms with Crippen LogP contribution in [0.2, 0.25) is 0 Å². The number of aliphatic hydroxyl groups is 4. The van der Waals surface area contributed by atoms with Gasteiger partial charge in [-0.1, -0.05) is 27.7 Å². The quantitative estimate of drug-likeness (QED) is 0.0326. The molecule has 6 N–H and O–H groups in total. The number of hydrogen-bond donors (Lipinski definition) is 5. The number of nitrogens with zero attached hydrogens (tertiary/aromatic N) is 7. The van der Waals surface area contributed by atoms with Gasteiger partial charge in [-0.3, -0.25) is 0 Å². The van der Waals surface area contributed by atoms with Crippen LogP contribution in [0.1, 0.15) is 6.92 Å². The van der Waals surface area contributed by atoms with Crippen LogP contribution in [0.4, 0.5) is 28.4 Å². The van der Waals surface area contributed by atoms with Crippen LogP contribution < -0.4 is 19.7 Å². The summed E-state index contributed by atoms with van der Waals surface area (Å²) in [6.45, 7) is 5.76. The van der Waals surface area contributed by atoms with Crippen molar-refractivity contribution in [1.82, 2.24) is 0 Å². The van der Waals surface area contributed by atoms with Crippen molar-refractivity contribution in [2.24, 2.45) is 20.5 Å². The highest BCUT2D eigenvalue weighted by Crippen LogP contribution is 2.23. The van der Waals surface area contributed by atoms with Gasteiger partial charge in [0.1, 0.15) is 0 Å². The van der Waals surface area contributed by atoms with Gasteiger partial charge in [-0.2, -0.15) is 20.5 Å². The smallest absolute Gasteiger partial charge is 0.171 e. The van der Waals surface area contributed by atoms with Gasteiger partial charge in [0, 0.05) is 55.8 Å². The van der Waals surface area contributed by atoms with Crippen LogP contribution in [0.5, 0.6) is 0 Å². The molecule has 2 aromatic carbocycles. The first kappa shape index (κ1) is 38.8. The lowest BCUT2D eigenvalue weighted by molar-refractivity contribution is -0.692. The largest absolute Gasteiger partial charge is 0.395 e. The minimum atomic E-state index is 0.0258. The molecule has 0 atom stereocenters. The first-order valence-corrected chi connectivity index (χ1v) is 18.5. The van der Waals surface area contributed by atoms with Crippen molar-refractivity contribution in [2.75, 3.05) is 80.5 Å². The number of azo groups is 2. The number of hydrogen-bond acceptors (Lipinski definition) is 12. The molecule has 0 radical (unpaired) electrons. The molecule has 0 bridgehead atoms. The van der Waals surface area contributed by atoms with Crippen LogP contribution in [0, 0.1) is 0 Å². The molecule has 1 heterocycles. The maximum atomic E-state index is 9.23. The van der Waals surface area contributed by atoms with Gasteiger partial charge in [-0.05, 0) is 55.5 Å². The number of aromatic nitrogens is 1. The lowest BCUT2D eigenvalue weighted by Gasteiger charge is -2.22. The Bertz CT molecular complexity index is 1410. The first-order valence-electron chi connectivity index (χ1n) is 16.0. The van der Waals surface area contributed by atoms with E-state index in [2.05, 4.69) is 30.3 Å². The van der Waals surface area contributed by atoms with Gasteiger partial charge in [0.25, 0.3) is 0 Å². The van der Waals surface area contributed by atoms with Gasteiger partial charge in [0.2, 0.25) is 0 Å². The topological polar surface area (TPSA) is 157 Å². The third kappa shape index (κ3) is 14.6. The second kappa shape index (κ2) is 23.7. The van der Waals surface area contributed by atoms with Gasteiger partial charge in [0.05, 0.1) is 73.4 Å². The molecule has 0 aliphatic heterocycles. The minimum absolute atomic E-state index is 0.0258. The van der Waals surface area contributed by atoms with E-state index in [1.807, 2.05) is 130 Å². The molecule has 0 unspecified atom stereocenters. The van der Waals surface area contributed by atoms with Crippen LogP contribution in [0.3, 0.4) is 0 Å². The summed E-state index contributed by atoms with van der Waals surface area (Å²) in [6.07, 6.45) is 9.91. The number of quaternary nitrogens is 1. The van der Waals surface area contributed by atoms with E-state index in [0.29, 0.717) is 26.2 Å². The van der Waals surface area contributed by atoms with E-state index in [1.165, 1.54) is 0 Å². The Labute approximate surface area is 291 Å². The van der Waals surface area contributed by atoms with Crippen LogP contribution in [0.25, 0.3) is 0 Å². The van der Waals surface area contributed by atoms with Crippen molar-refractivity contribution < 1.29 is 30.3 Å². The molecule has 12 nitrogen and oxygen atoms in total. The van der Waals surface area contributed by atoms with Crippen LogP contribution in [0.15, 0.2) is 118 Å². The molecule has 0 amide bonds. The molecule has 0 fully saturated rings. The van der Waals surface area contributed by atoms with Gasteiger partial charge in [-0.25, -0.2) is 4.57 Å². The number of aliphatic hydroxyl groups excluding tert-OH is 4. The molecule has 3 rings (SSSR count). The van der Waals surface area contributed by atoms with Crippen LogP contribution in [-0.2, 0) is 6.54 Å². The summed E-state index contributed by atoms with van der Waals surface area (Å²) in [5.74, 6) is 2.01. The Morgan fingerprint density at radius 1 is 0.688 bits per heavy atom. The van der Waals surface area contributed by atoms with E-state index in [0.717, 1.165) is 58.7 Å². The predicted molar refractivity (Wildman–Crippen MR) is 196 cm³/mol. The summed E-state index contributed by atoms with van der Waals surface area (Å²) >= 11 is 0. The Hall–Kier alpha value is -3.63. The van der Waals surface area contributed by atoms with E-state index in [9.17, 15) is 20.4 Å². The average molecular weight is 697 g/mol. The van der Waals surface area contributed by atoms with Gasteiger partial charge < -0.3 is 35.5 Å². The molecule has 0 aliphatic carbocycles. The highest BCUT2D eigenvalue weighted by molar-refractivity contribution is 8.76. The minimum Gasteiger partial charge on any atom is -0.395 e. The molecule has 0 saturated heterocycles. The number of allylic oxidation sites excluding steroid dienone is 2. The number of nitrogens with two attached hydrogens (primary N) is 1. The molecular weight excluding hydrogens is 649 g/mol. The van der Waals surface area contributed by atoms with Gasteiger partial charge in [0.15, 0.2) is 18.9 Å². The maximum absolute atomic E-state index is 9.23. The molecule has 3 aromatic rings. The van der Waals surface area contributed by atoms with E-state index < -0.39 is 0 Å². The summed E-state index contributed by atoms with van der Waals surface area (Å²) in [5, 5.41) is 56.4. The summed E-state index contributed by atoms with van der Waals surface area (Å²) in [4.78, 5) is 3.84. The van der Waals surface area contributed by atoms with Crippen molar-refractivity contribution in [3.05, 3.63) is 97.1 Å². The standard InChI is InChI=1S/C34H47N8O4S2/c1-2-29(36-37-30-3-7-33(8-4-30)41(18-23-43)19-24-44)11-14-35-15-27-47-48-28-22-40-16-12-32(13-17-40)39-38-31-5-9-34(10-6-31)42(20-25-45)21-26-46/h2-14,16-17,35,43-46H,15,18-28H2,1H3/q+1/p+1. The van der Waals surface area contributed by atoms with E-state index in [-0.39, 0.29) is 26.4 Å². The van der Waals surface area contributed by atoms with Gasteiger partial charge in [-0.15, -0.1) is 0 Å². The molecule has 1 aromatic heterocycles. The third-order valence-corrected chi connectivity index (χ3v) is 9.35. The van der Waals surface area contributed by atoms with Crippen molar-refractivity contribution in [3.8, 4) is 0 Å². The Balaban J connectivity index is 1.30. The Morgan fingerprint density at radius 2 is 1.17 bits per heavy atom. The zero-order valence-corrected chi connectivity index (χ0v) is 29.1. The Morgan fingerprint density at radius 3 is 1.67 bits per heavy atom. The zero-order valence-electron chi connectivity index (χ0n) is 27.5. The number of anilines is 2. The van der Waals surface area contributed by atoms with E-state index in [1.54, 1.807) is 0 Å². The van der Waals surface area contributed by atoms with Crippen LogP contribution in [-0.4, -0.2) is 91.1 Å². The molecule has 0 spiro atoms. The summed E-state index contributed by atoms with van der Waals surface area (Å²) in [7, 11) is 3.72.